The Morgan fingerprint density at radius 2 is 1.73 bits per heavy atom. The number of ether oxygens (including phenoxy) is 4. The lowest BCUT2D eigenvalue weighted by molar-refractivity contribution is 0.0375. The molecule has 0 saturated heterocycles. The van der Waals surface area contributed by atoms with Crippen LogP contribution in [-0.4, -0.2) is 54.6 Å². The molecule has 3 aromatic carbocycles. The lowest BCUT2D eigenvalue weighted by atomic mass is 10.0. The van der Waals surface area contributed by atoms with Gasteiger partial charge in [-0.15, -0.1) is 0 Å². The number of hydrogen-bond donors (Lipinski definition) is 0. The molecule has 0 aliphatic heterocycles. The summed E-state index contributed by atoms with van der Waals surface area (Å²) in [4.78, 5) is 7.06. The molecule has 1 saturated carbocycles. The molecule has 1 fully saturated rings. The van der Waals surface area contributed by atoms with Crippen molar-refractivity contribution in [2.45, 2.75) is 49.0 Å². The van der Waals surface area contributed by atoms with Crippen LogP contribution >= 0.6 is 0 Å². The summed E-state index contributed by atoms with van der Waals surface area (Å²) in [5, 5.41) is 4.27. The van der Waals surface area contributed by atoms with Crippen molar-refractivity contribution in [3.8, 4) is 17.2 Å². The van der Waals surface area contributed by atoms with E-state index in [1.165, 1.54) is 26.5 Å². The van der Waals surface area contributed by atoms with E-state index in [-0.39, 0.29) is 24.4 Å². The molecule has 2 aromatic heterocycles. The van der Waals surface area contributed by atoms with Gasteiger partial charge in [-0.2, -0.15) is 5.10 Å². The van der Waals surface area contributed by atoms with Crippen molar-refractivity contribution >= 4 is 15.8 Å². The van der Waals surface area contributed by atoms with Gasteiger partial charge in [0.05, 0.1) is 33.5 Å². The Kier molecular flexibility index (Phi) is 10.1. The number of rotatable bonds is 13. The van der Waals surface area contributed by atoms with E-state index in [1.54, 1.807) is 36.1 Å². The van der Waals surface area contributed by atoms with Crippen molar-refractivity contribution in [2.24, 2.45) is 7.05 Å². The van der Waals surface area contributed by atoms with Crippen LogP contribution in [0.5, 0.6) is 17.2 Å². The van der Waals surface area contributed by atoms with Gasteiger partial charge in [-0.1, -0.05) is 30.3 Å². The number of halogens is 2. The van der Waals surface area contributed by atoms with E-state index in [9.17, 15) is 8.42 Å². The Bertz CT molecular complexity index is 2000. The third-order valence-corrected chi connectivity index (χ3v) is 10.3. The second-order valence-electron chi connectivity index (χ2n) is 11.5. The highest BCUT2D eigenvalue weighted by Crippen LogP contribution is 2.40. The molecule has 14 heteroatoms. The van der Waals surface area contributed by atoms with Gasteiger partial charge in [-0.3, -0.25) is 4.68 Å². The minimum atomic E-state index is -4.73. The van der Waals surface area contributed by atoms with Crippen molar-refractivity contribution in [1.29, 1.82) is 0 Å². The fraction of sp³-hybridized carbons (Fsp3) is 0.286. The smallest absolute Gasteiger partial charge is 0.268 e. The predicted octanol–water partition coefficient (Wildman–Crippen LogP) is 5.81. The van der Waals surface area contributed by atoms with E-state index < -0.39 is 38.4 Å². The second kappa shape index (κ2) is 14.6. The van der Waals surface area contributed by atoms with E-state index in [0.29, 0.717) is 42.6 Å². The molecule has 0 N–H and O–H groups in total. The van der Waals surface area contributed by atoms with Crippen LogP contribution in [0.1, 0.15) is 35.6 Å². The standard InChI is InChI=1S/C35H35F2N5O6S/c1-41-30(11-14-40-41)27-15-26(47-21-23-7-5-4-6-8-23)17-32(27)48-33-18-29(37)34(19-28(33)36)49(43,44)42(35-12-13-38-22-39-35)20-24-9-10-25(45-2)16-31(24)46-3/h4-14,16,18-19,22,26-27,32H,15,17,20-21H2,1-3H3/t26-,27+,32-/m0/s1. The summed E-state index contributed by atoms with van der Waals surface area (Å²) < 4.78 is 85.5. The summed E-state index contributed by atoms with van der Waals surface area (Å²) in [6.07, 6.45) is 4.30. The highest BCUT2D eigenvalue weighted by Gasteiger charge is 2.40. The van der Waals surface area contributed by atoms with E-state index in [4.69, 9.17) is 18.9 Å². The number of anilines is 1. The highest BCUT2D eigenvalue weighted by molar-refractivity contribution is 7.92. The van der Waals surface area contributed by atoms with Crippen LogP contribution in [0, 0.1) is 11.6 Å². The normalized spacial score (nSPS) is 17.5. The van der Waals surface area contributed by atoms with Gasteiger partial charge in [0.1, 0.15) is 40.5 Å². The Morgan fingerprint density at radius 1 is 0.918 bits per heavy atom. The zero-order valence-electron chi connectivity index (χ0n) is 27.1. The number of methoxy groups -OCH3 is 2. The number of hydrogen-bond acceptors (Lipinski definition) is 9. The first-order valence-electron chi connectivity index (χ1n) is 15.5. The first kappa shape index (κ1) is 33.8. The fourth-order valence-electron chi connectivity index (χ4n) is 6.01. The number of nitrogens with zero attached hydrogens (tertiary/aromatic N) is 5. The van der Waals surface area contributed by atoms with Crippen LogP contribution in [0.4, 0.5) is 14.6 Å². The van der Waals surface area contributed by atoms with E-state index in [2.05, 4.69) is 15.1 Å². The number of sulfonamides is 1. The Hall–Kier alpha value is -5.08. The maximum atomic E-state index is 15.9. The maximum absolute atomic E-state index is 15.9. The van der Waals surface area contributed by atoms with Gasteiger partial charge in [-0.25, -0.2) is 31.5 Å². The van der Waals surface area contributed by atoms with Gasteiger partial charge in [0, 0.05) is 67.3 Å². The molecule has 1 aliphatic rings. The average Bonchev–Trinajstić information content (AvgIpc) is 3.73. The molecule has 1 aliphatic carbocycles. The van der Waals surface area contributed by atoms with E-state index in [0.717, 1.165) is 28.0 Å². The van der Waals surface area contributed by atoms with Crippen LogP contribution in [0.15, 0.2) is 96.4 Å². The summed E-state index contributed by atoms with van der Waals surface area (Å²) in [5.74, 6) is -2.13. The van der Waals surface area contributed by atoms with Crippen LogP contribution in [0.2, 0.25) is 0 Å². The number of aromatic nitrogens is 4. The monoisotopic (exact) mass is 691 g/mol. The number of aryl methyl sites for hydroxylation is 1. The van der Waals surface area contributed by atoms with Gasteiger partial charge in [-0.05, 0) is 30.2 Å². The highest BCUT2D eigenvalue weighted by atomic mass is 32.2. The first-order valence-corrected chi connectivity index (χ1v) is 16.9. The molecule has 0 spiro atoms. The third-order valence-electron chi connectivity index (χ3n) is 8.49. The first-order chi connectivity index (χ1) is 23.7. The molecule has 0 radical (unpaired) electrons. The fourth-order valence-corrected chi connectivity index (χ4v) is 7.46. The molecule has 49 heavy (non-hydrogen) atoms. The van der Waals surface area contributed by atoms with Crippen LogP contribution in [-0.2, 0) is 35.0 Å². The van der Waals surface area contributed by atoms with Gasteiger partial charge in [0.15, 0.2) is 11.6 Å². The van der Waals surface area contributed by atoms with Crippen molar-refractivity contribution in [3.63, 3.8) is 0 Å². The second-order valence-corrected chi connectivity index (χ2v) is 13.3. The molecular weight excluding hydrogens is 656 g/mol. The molecule has 0 amide bonds. The molecule has 3 atom stereocenters. The molecule has 5 aromatic rings. The van der Waals surface area contributed by atoms with E-state index in [1.807, 2.05) is 36.4 Å². The van der Waals surface area contributed by atoms with Crippen molar-refractivity contribution in [3.05, 3.63) is 120 Å². The predicted molar refractivity (Wildman–Crippen MR) is 176 cm³/mol. The molecular formula is C35H35F2N5O6S. The summed E-state index contributed by atoms with van der Waals surface area (Å²) in [6, 6.07) is 19.2. The molecule has 256 valence electrons. The number of benzene rings is 3. The van der Waals surface area contributed by atoms with Crippen molar-refractivity contribution in [2.75, 3.05) is 18.5 Å². The molecule has 0 unspecified atom stereocenters. The lowest BCUT2D eigenvalue weighted by Gasteiger charge is -2.25. The minimum Gasteiger partial charge on any atom is -0.497 e. The van der Waals surface area contributed by atoms with E-state index >= 15 is 8.78 Å². The minimum absolute atomic E-state index is 0.0560. The molecule has 0 bridgehead atoms. The van der Waals surface area contributed by atoms with Gasteiger partial charge < -0.3 is 18.9 Å². The summed E-state index contributed by atoms with van der Waals surface area (Å²) >= 11 is 0. The summed E-state index contributed by atoms with van der Waals surface area (Å²) in [7, 11) is -0.0156. The third kappa shape index (κ3) is 7.34. The van der Waals surface area contributed by atoms with Crippen LogP contribution in [0.25, 0.3) is 0 Å². The molecule has 11 nitrogen and oxygen atoms in total. The molecule has 2 heterocycles. The average molecular weight is 692 g/mol. The zero-order valence-corrected chi connectivity index (χ0v) is 27.9. The summed E-state index contributed by atoms with van der Waals surface area (Å²) in [5.41, 5.74) is 2.29. The largest absolute Gasteiger partial charge is 0.497 e. The summed E-state index contributed by atoms with van der Waals surface area (Å²) in [6.45, 7) is 0.0712. The van der Waals surface area contributed by atoms with Crippen LogP contribution < -0.4 is 18.5 Å². The SMILES string of the molecule is COc1ccc(CN(c2ccncn2)S(=O)(=O)c2cc(F)c(O[C@H]3C[C@@H](OCc4ccccc4)C[C@@H]3c3ccnn3C)cc2F)c(OC)c1. The topological polar surface area (TPSA) is 118 Å². The van der Waals surface area contributed by atoms with Gasteiger partial charge in [0.2, 0.25) is 0 Å². The maximum Gasteiger partial charge on any atom is 0.268 e. The molecule has 6 rings (SSSR count). The Morgan fingerprint density at radius 3 is 2.43 bits per heavy atom. The van der Waals surface area contributed by atoms with Gasteiger partial charge in [0.25, 0.3) is 10.0 Å². The Balaban J connectivity index is 1.29. The quantitative estimate of drug-likeness (QED) is 0.151. The van der Waals surface area contributed by atoms with Crippen LogP contribution in [0.3, 0.4) is 0 Å². The Labute approximate surface area is 283 Å². The van der Waals surface area contributed by atoms with Gasteiger partial charge >= 0.3 is 0 Å². The zero-order chi connectivity index (χ0) is 34.5. The van der Waals surface area contributed by atoms with Crippen molar-refractivity contribution in [1.82, 2.24) is 19.7 Å². The van der Waals surface area contributed by atoms with Crippen molar-refractivity contribution < 1.29 is 36.1 Å². The lowest BCUT2D eigenvalue weighted by Crippen LogP contribution is -2.32.